The topological polar surface area (TPSA) is 158 Å². The Hall–Kier alpha value is -4.61. The number of carboxylic acid groups (broad SMARTS) is 1. The number of carbonyl (C=O) groups excluding carboxylic acids is 2. The van der Waals surface area contributed by atoms with Crippen LogP contribution >= 0.6 is 23.2 Å². The van der Waals surface area contributed by atoms with E-state index in [1.807, 2.05) is 0 Å². The molecule has 0 spiro atoms. The Balaban J connectivity index is 0.000000274. The monoisotopic (exact) mass is 620 g/mol. The lowest BCUT2D eigenvalue weighted by molar-refractivity contribution is -0.131. The number of aromatic hydroxyl groups is 2. The molecule has 0 saturated carbocycles. The van der Waals surface area contributed by atoms with Crippen LogP contribution in [0.25, 0.3) is 6.08 Å². The van der Waals surface area contributed by atoms with Gasteiger partial charge >= 0.3 is 17.9 Å². The summed E-state index contributed by atoms with van der Waals surface area (Å²) in [6.07, 6.45) is 2.56. The number of carboxylic acids is 1. The number of rotatable bonds is 5. The molecule has 0 unspecified atom stereocenters. The zero-order valence-electron chi connectivity index (χ0n) is 23.3. The predicted octanol–water partition coefficient (Wildman–Crippen LogP) is 6.24. The molecule has 1 aliphatic rings. The number of phenolic OH excluding ortho intramolecular Hbond substituents is 2. The summed E-state index contributed by atoms with van der Waals surface area (Å²) in [5.74, 6) is -2.53. The molecule has 4 rings (SSSR count). The van der Waals surface area contributed by atoms with Gasteiger partial charge in [-0.25, -0.2) is 14.4 Å². The standard InChI is InChI=1S/C18H14Cl2O7.C11H12O4/c1-5-9-16(11(20)13(22)10(5)19)26-14-6(2)8(17(23)25-4)12(21)7(3)15(14)27-18(9)24;1-14-9-5-3-8(4-6-11(12)13)7-10(9)15-2/h21-22H,1-4H3;3-7H,1-2H3,(H,12,13). The fraction of sp³-hybridized carbons (Fsp3) is 0.207. The van der Waals surface area contributed by atoms with Crippen LogP contribution in [-0.4, -0.2) is 54.6 Å². The Kier molecular flexibility index (Phi) is 9.82. The highest BCUT2D eigenvalue weighted by atomic mass is 35.5. The first-order chi connectivity index (χ1) is 19.8. The molecule has 0 atom stereocenters. The van der Waals surface area contributed by atoms with Gasteiger partial charge in [-0.05, 0) is 50.1 Å². The lowest BCUT2D eigenvalue weighted by Gasteiger charge is -2.17. The Morgan fingerprint density at radius 3 is 2.02 bits per heavy atom. The molecular formula is C29H26Cl2O11. The summed E-state index contributed by atoms with van der Waals surface area (Å²) in [6.45, 7) is 4.43. The van der Waals surface area contributed by atoms with Crippen molar-refractivity contribution < 1.29 is 53.4 Å². The second kappa shape index (κ2) is 12.9. The lowest BCUT2D eigenvalue weighted by atomic mass is 10.0. The summed E-state index contributed by atoms with van der Waals surface area (Å²) in [7, 11) is 4.24. The highest BCUT2D eigenvalue weighted by Gasteiger charge is 2.35. The number of phenols is 2. The van der Waals surface area contributed by atoms with E-state index in [0.29, 0.717) is 11.5 Å². The van der Waals surface area contributed by atoms with Gasteiger partial charge in [0.1, 0.15) is 21.9 Å². The molecule has 3 N–H and O–H groups in total. The number of hydrogen-bond acceptors (Lipinski definition) is 10. The average molecular weight is 621 g/mol. The number of esters is 2. The number of hydrogen-bond donors (Lipinski definition) is 3. The number of fused-ring (bicyclic) bond motifs is 2. The molecule has 0 aliphatic carbocycles. The molecule has 3 aromatic rings. The summed E-state index contributed by atoms with van der Waals surface area (Å²) in [5.41, 5.74) is 1.01. The highest BCUT2D eigenvalue weighted by molar-refractivity contribution is 6.39. The Bertz CT molecular complexity index is 1630. The van der Waals surface area contributed by atoms with Gasteiger partial charge in [0.15, 0.2) is 34.5 Å². The van der Waals surface area contributed by atoms with Crippen LogP contribution in [-0.2, 0) is 9.53 Å². The molecule has 0 saturated heterocycles. The molecular weight excluding hydrogens is 595 g/mol. The zero-order valence-corrected chi connectivity index (χ0v) is 24.8. The molecule has 1 heterocycles. The van der Waals surface area contributed by atoms with E-state index in [0.717, 1.165) is 11.6 Å². The molecule has 42 heavy (non-hydrogen) atoms. The maximum absolute atomic E-state index is 12.7. The van der Waals surface area contributed by atoms with E-state index in [2.05, 4.69) is 0 Å². The number of halogens is 2. The molecule has 0 aromatic heterocycles. The third kappa shape index (κ3) is 6.02. The molecule has 3 aromatic carbocycles. The van der Waals surface area contributed by atoms with Gasteiger partial charge in [0.25, 0.3) is 0 Å². The van der Waals surface area contributed by atoms with Gasteiger partial charge in [-0.1, -0.05) is 29.3 Å². The van der Waals surface area contributed by atoms with E-state index in [-0.39, 0.29) is 55.1 Å². The number of methoxy groups -OCH3 is 3. The Morgan fingerprint density at radius 2 is 1.45 bits per heavy atom. The summed E-state index contributed by atoms with van der Waals surface area (Å²) in [6, 6.07) is 5.18. The quantitative estimate of drug-likeness (QED) is 0.168. The number of aliphatic carboxylic acids is 1. The molecule has 0 fully saturated rings. The lowest BCUT2D eigenvalue weighted by Crippen LogP contribution is -2.11. The van der Waals surface area contributed by atoms with E-state index >= 15 is 0 Å². The second-order valence-corrected chi connectivity index (χ2v) is 9.46. The molecule has 0 radical (unpaired) electrons. The van der Waals surface area contributed by atoms with Crippen LogP contribution in [0.2, 0.25) is 10.0 Å². The highest BCUT2D eigenvalue weighted by Crippen LogP contribution is 2.52. The Morgan fingerprint density at radius 1 is 0.833 bits per heavy atom. The molecule has 222 valence electrons. The number of ether oxygens (including phenoxy) is 5. The minimum Gasteiger partial charge on any atom is -0.507 e. The van der Waals surface area contributed by atoms with Crippen molar-refractivity contribution in [3.63, 3.8) is 0 Å². The minimum atomic E-state index is -0.982. The third-order valence-electron chi connectivity index (χ3n) is 6.22. The van der Waals surface area contributed by atoms with Crippen molar-refractivity contribution in [3.05, 3.63) is 67.7 Å². The van der Waals surface area contributed by atoms with Crippen molar-refractivity contribution in [2.24, 2.45) is 0 Å². The molecule has 11 nitrogen and oxygen atoms in total. The van der Waals surface area contributed by atoms with Crippen molar-refractivity contribution in [1.82, 2.24) is 0 Å². The van der Waals surface area contributed by atoms with Gasteiger partial charge in [0.05, 0.1) is 26.4 Å². The normalized spacial score (nSPS) is 11.7. The first kappa shape index (κ1) is 31.9. The summed E-state index contributed by atoms with van der Waals surface area (Å²) in [4.78, 5) is 35.1. The van der Waals surface area contributed by atoms with E-state index < -0.39 is 29.4 Å². The van der Waals surface area contributed by atoms with E-state index in [4.69, 9.17) is 52.0 Å². The van der Waals surface area contributed by atoms with Gasteiger partial charge in [-0.2, -0.15) is 0 Å². The maximum Gasteiger partial charge on any atom is 0.347 e. The smallest absolute Gasteiger partial charge is 0.347 e. The fourth-order valence-electron chi connectivity index (χ4n) is 4.01. The second-order valence-electron chi connectivity index (χ2n) is 8.71. The zero-order chi connectivity index (χ0) is 31.5. The van der Waals surface area contributed by atoms with Gasteiger partial charge in [0, 0.05) is 17.2 Å². The van der Waals surface area contributed by atoms with Gasteiger partial charge in [-0.15, -0.1) is 0 Å². The van der Waals surface area contributed by atoms with E-state index in [1.165, 1.54) is 41.1 Å². The van der Waals surface area contributed by atoms with Gasteiger partial charge in [-0.3, -0.25) is 0 Å². The third-order valence-corrected chi connectivity index (χ3v) is 7.03. The number of carbonyl (C=O) groups is 3. The summed E-state index contributed by atoms with van der Waals surface area (Å²) >= 11 is 12.2. The SMILES string of the molecule is COC(=O)c1c(C)c2c(c(C)c1O)OC(=O)c1c(C)c(Cl)c(O)c(Cl)c1O2.COc1ccc(C=CC(=O)O)cc1OC. The van der Waals surface area contributed by atoms with Crippen LogP contribution in [0.4, 0.5) is 0 Å². The molecule has 0 bridgehead atoms. The van der Waals surface area contributed by atoms with E-state index in [1.54, 1.807) is 25.3 Å². The van der Waals surface area contributed by atoms with Crippen LogP contribution in [0.3, 0.4) is 0 Å². The van der Waals surface area contributed by atoms with Crippen LogP contribution in [0, 0.1) is 20.8 Å². The Labute approximate surface area is 250 Å². The molecule has 13 heteroatoms. The average Bonchev–Trinajstić information content (AvgIpc) is 3.13. The van der Waals surface area contributed by atoms with Gasteiger partial charge < -0.3 is 39.0 Å². The van der Waals surface area contributed by atoms with E-state index in [9.17, 15) is 24.6 Å². The van der Waals surface area contributed by atoms with Crippen molar-refractivity contribution in [3.8, 4) is 40.2 Å². The largest absolute Gasteiger partial charge is 0.507 e. The first-order valence-corrected chi connectivity index (χ1v) is 12.7. The number of benzene rings is 3. The summed E-state index contributed by atoms with van der Waals surface area (Å²) < 4.78 is 26.0. The summed E-state index contributed by atoms with van der Waals surface area (Å²) in [5, 5.41) is 28.6. The minimum absolute atomic E-state index is 0.0131. The van der Waals surface area contributed by atoms with Crippen LogP contribution in [0.5, 0.6) is 40.2 Å². The van der Waals surface area contributed by atoms with Crippen molar-refractivity contribution in [1.29, 1.82) is 0 Å². The van der Waals surface area contributed by atoms with Crippen LogP contribution in [0.15, 0.2) is 24.3 Å². The van der Waals surface area contributed by atoms with Crippen molar-refractivity contribution in [2.75, 3.05) is 21.3 Å². The van der Waals surface area contributed by atoms with Gasteiger partial charge in [0.2, 0.25) is 0 Å². The van der Waals surface area contributed by atoms with Crippen molar-refractivity contribution >= 4 is 47.2 Å². The molecule has 1 aliphatic heterocycles. The van der Waals surface area contributed by atoms with Crippen molar-refractivity contribution in [2.45, 2.75) is 20.8 Å². The van der Waals surface area contributed by atoms with Crippen LogP contribution in [0.1, 0.15) is 43.0 Å². The maximum atomic E-state index is 12.7. The van der Waals surface area contributed by atoms with Crippen LogP contribution < -0.4 is 18.9 Å². The predicted molar refractivity (Wildman–Crippen MR) is 153 cm³/mol. The first-order valence-electron chi connectivity index (χ1n) is 12.0. The molecule has 0 amide bonds. The fourth-order valence-corrected chi connectivity index (χ4v) is 4.47.